The molecule has 4 nitrogen and oxygen atoms in total. The van der Waals surface area contributed by atoms with Crippen molar-refractivity contribution in [3.63, 3.8) is 0 Å². The molecule has 0 radical (unpaired) electrons. The fourth-order valence-corrected chi connectivity index (χ4v) is 2.99. The molecule has 2 aromatic rings. The summed E-state index contributed by atoms with van der Waals surface area (Å²) < 4.78 is 19.0. The zero-order valence-corrected chi connectivity index (χ0v) is 11.9. The minimum Gasteiger partial charge on any atom is -0.448 e. The number of benzene rings is 1. The highest BCUT2D eigenvalue weighted by Gasteiger charge is 2.32. The molecule has 1 amide bonds. The third-order valence-corrected chi connectivity index (χ3v) is 4.07. The monoisotopic (exact) mass is 291 g/mol. The molecule has 2 heterocycles. The van der Waals surface area contributed by atoms with Gasteiger partial charge in [0, 0.05) is 11.9 Å². The molecule has 0 bridgehead atoms. The maximum atomic E-state index is 13.7. The van der Waals surface area contributed by atoms with Gasteiger partial charge in [0.2, 0.25) is 0 Å². The zero-order chi connectivity index (χ0) is 15.0. The van der Waals surface area contributed by atoms with E-state index in [1.54, 1.807) is 30.0 Å². The van der Waals surface area contributed by atoms with Crippen molar-refractivity contribution in [1.82, 2.24) is 4.90 Å². The van der Waals surface area contributed by atoms with Crippen LogP contribution in [0, 0.1) is 5.82 Å². The molecule has 2 unspecified atom stereocenters. The highest BCUT2D eigenvalue weighted by Crippen LogP contribution is 2.26. The van der Waals surface area contributed by atoms with Gasteiger partial charge in [-0.1, -0.05) is 12.1 Å². The molecule has 0 saturated carbocycles. The average Bonchev–Trinajstić information content (AvgIpc) is 2.92. The number of rotatable bonds is 2. The number of nitrogens with zero attached hydrogens (tertiary/aromatic N) is 1. The van der Waals surface area contributed by atoms with Crippen LogP contribution in [0.3, 0.4) is 0 Å². The van der Waals surface area contributed by atoms with E-state index in [-0.39, 0.29) is 23.3 Å². The van der Waals surface area contributed by atoms with Crippen molar-refractivity contribution in [2.45, 2.75) is 38.3 Å². The summed E-state index contributed by atoms with van der Waals surface area (Å²) >= 11 is 0. The number of aliphatic hydroxyl groups excluding tert-OH is 1. The van der Waals surface area contributed by atoms with Crippen molar-refractivity contribution in [2.24, 2.45) is 0 Å². The number of para-hydroxylation sites is 1. The van der Waals surface area contributed by atoms with Gasteiger partial charge >= 0.3 is 0 Å². The third kappa shape index (κ3) is 2.53. The second-order valence-corrected chi connectivity index (χ2v) is 5.57. The van der Waals surface area contributed by atoms with Crippen LogP contribution in [0.25, 0.3) is 11.0 Å². The SMILES string of the molecule is CC(O)C1CCCCN1C(=O)c1cc2cccc(F)c2o1. The Morgan fingerprint density at radius 3 is 3.00 bits per heavy atom. The van der Waals surface area contributed by atoms with Crippen LogP contribution < -0.4 is 0 Å². The smallest absolute Gasteiger partial charge is 0.289 e. The predicted molar refractivity (Wildman–Crippen MR) is 76.5 cm³/mol. The lowest BCUT2D eigenvalue weighted by molar-refractivity contribution is 0.0259. The molecular weight excluding hydrogens is 273 g/mol. The Kier molecular flexibility index (Phi) is 3.68. The topological polar surface area (TPSA) is 53.7 Å². The first kappa shape index (κ1) is 14.1. The Balaban J connectivity index is 1.93. The van der Waals surface area contributed by atoms with Crippen molar-refractivity contribution in [3.05, 3.63) is 35.8 Å². The third-order valence-electron chi connectivity index (χ3n) is 4.07. The number of carbonyl (C=O) groups excluding carboxylic acids is 1. The Morgan fingerprint density at radius 1 is 1.48 bits per heavy atom. The van der Waals surface area contributed by atoms with Crippen LogP contribution >= 0.6 is 0 Å². The van der Waals surface area contributed by atoms with Gasteiger partial charge in [0.05, 0.1) is 12.1 Å². The van der Waals surface area contributed by atoms with E-state index in [9.17, 15) is 14.3 Å². The van der Waals surface area contributed by atoms with Crippen LogP contribution in [0.1, 0.15) is 36.7 Å². The molecule has 0 aliphatic carbocycles. The lowest BCUT2D eigenvalue weighted by Gasteiger charge is -2.36. The number of likely N-dealkylation sites (tertiary alicyclic amines) is 1. The average molecular weight is 291 g/mol. The Hall–Kier alpha value is -1.88. The van der Waals surface area contributed by atoms with E-state index in [0.29, 0.717) is 11.9 Å². The van der Waals surface area contributed by atoms with Gasteiger partial charge in [0.1, 0.15) is 0 Å². The number of hydrogen-bond donors (Lipinski definition) is 1. The van der Waals surface area contributed by atoms with Crippen molar-refractivity contribution in [1.29, 1.82) is 0 Å². The lowest BCUT2D eigenvalue weighted by atomic mass is 9.98. The fourth-order valence-electron chi connectivity index (χ4n) is 2.99. The molecule has 21 heavy (non-hydrogen) atoms. The van der Waals surface area contributed by atoms with Crippen LogP contribution in [0.15, 0.2) is 28.7 Å². The van der Waals surface area contributed by atoms with Crippen LogP contribution in [0.2, 0.25) is 0 Å². The highest BCUT2D eigenvalue weighted by molar-refractivity contribution is 5.96. The van der Waals surface area contributed by atoms with E-state index in [0.717, 1.165) is 19.3 Å². The second kappa shape index (κ2) is 5.48. The van der Waals surface area contributed by atoms with Crippen molar-refractivity contribution >= 4 is 16.9 Å². The van der Waals surface area contributed by atoms with Gasteiger partial charge in [0.15, 0.2) is 17.2 Å². The number of halogens is 1. The standard InChI is InChI=1S/C16H18FNO3/c1-10(19)13-7-2-3-8-18(13)16(20)14-9-11-5-4-6-12(17)15(11)21-14/h4-6,9-10,13,19H,2-3,7-8H2,1H3. The van der Waals surface area contributed by atoms with Gasteiger partial charge in [0.25, 0.3) is 5.91 Å². The molecule has 1 aliphatic heterocycles. The number of piperidine rings is 1. The van der Waals surface area contributed by atoms with E-state index < -0.39 is 11.9 Å². The molecular formula is C16H18FNO3. The normalized spacial score (nSPS) is 20.7. The first-order valence-corrected chi connectivity index (χ1v) is 7.25. The van der Waals surface area contributed by atoms with E-state index >= 15 is 0 Å². The van der Waals surface area contributed by atoms with E-state index in [1.165, 1.54) is 6.07 Å². The minimum atomic E-state index is -0.588. The molecule has 1 fully saturated rings. The minimum absolute atomic E-state index is 0.103. The molecule has 0 spiro atoms. The Labute approximate surface area is 122 Å². The summed E-state index contributed by atoms with van der Waals surface area (Å²) in [5, 5.41) is 10.4. The molecule has 1 N–H and O–H groups in total. The maximum Gasteiger partial charge on any atom is 0.289 e. The molecule has 1 aliphatic rings. The van der Waals surface area contributed by atoms with E-state index in [1.807, 2.05) is 0 Å². The first-order chi connectivity index (χ1) is 10.1. The molecule has 1 saturated heterocycles. The molecule has 1 aromatic carbocycles. The summed E-state index contributed by atoms with van der Waals surface area (Å²) in [6, 6.07) is 5.96. The largest absolute Gasteiger partial charge is 0.448 e. The fraction of sp³-hybridized carbons (Fsp3) is 0.438. The summed E-state index contributed by atoms with van der Waals surface area (Å²) in [6.45, 7) is 2.28. The highest BCUT2D eigenvalue weighted by atomic mass is 19.1. The van der Waals surface area contributed by atoms with Crippen LogP contribution in [0.4, 0.5) is 4.39 Å². The lowest BCUT2D eigenvalue weighted by Crippen LogP contribution is -2.48. The number of amides is 1. The van der Waals surface area contributed by atoms with Gasteiger partial charge in [-0.25, -0.2) is 4.39 Å². The van der Waals surface area contributed by atoms with Gasteiger partial charge in [-0.3, -0.25) is 4.79 Å². The number of fused-ring (bicyclic) bond motifs is 1. The van der Waals surface area contributed by atoms with E-state index in [2.05, 4.69) is 0 Å². The summed E-state index contributed by atoms with van der Waals surface area (Å²) in [6.07, 6.45) is 2.09. The van der Waals surface area contributed by atoms with Crippen LogP contribution in [-0.4, -0.2) is 34.6 Å². The Morgan fingerprint density at radius 2 is 2.29 bits per heavy atom. The molecule has 2 atom stereocenters. The summed E-state index contributed by atoms with van der Waals surface area (Å²) in [4.78, 5) is 14.2. The zero-order valence-electron chi connectivity index (χ0n) is 11.9. The second-order valence-electron chi connectivity index (χ2n) is 5.57. The van der Waals surface area contributed by atoms with Crippen molar-refractivity contribution in [3.8, 4) is 0 Å². The van der Waals surface area contributed by atoms with Crippen LogP contribution in [-0.2, 0) is 0 Å². The van der Waals surface area contributed by atoms with Gasteiger partial charge in [-0.15, -0.1) is 0 Å². The molecule has 1 aromatic heterocycles. The number of furan rings is 1. The van der Waals surface area contributed by atoms with E-state index in [4.69, 9.17) is 4.42 Å². The molecule has 112 valence electrons. The Bertz CT molecular complexity index is 665. The van der Waals surface area contributed by atoms with Crippen molar-refractivity contribution < 1.29 is 18.7 Å². The van der Waals surface area contributed by atoms with Gasteiger partial charge in [-0.05, 0) is 38.3 Å². The predicted octanol–water partition coefficient (Wildman–Crippen LogP) is 2.95. The summed E-state index contributed by atoms with van der Waals surface area (Å²) in [5.41, 5.74) is 0.103. The molecule has 5 heteroatoms. The number of carbonyl (C=O) groups is 1. The summed E-state index contributed by atoms with van der Waals surface area (Å²) in [7, 11) is 0. The summed E-state index contributed by atoms with van der Waals surface area (Å²) in [5.74, 6) is -0.629. The number of aliphatic hydroxyl groups is 1. The first-order valence-electron chi connectivity index (χ1n) is 7.25. The van der Waals surface area contributed by atoms with Crippen LogP contribution in [0.5, 0.6) is 0 Å². The van der Waals surface area contributed by atoms with Gasteiger partial charge in [-0.2, -0.15) is 0 Å². The van der Waals surface area contributed by atoms with Crippen molar-refractivity contribution in [2.75, 3.05) is 6.54 Å². The maximum absolute atomic E-state index is 13.7. The molecule has 3 rings (SSSR count). The number of hydrogen-bond acceptors (Lipinski definition) is 3. The quantitative estimate of drug-likeness (QED) is 0.925. The van der Waals surface area contributed by atoms with Gasteiger partial charge < -0.3 is 14.4 Å².